The molecular weight excluding hydrogens is 267 g/mol. The van der Waals surface area contributed by atoms with Crippen molar-refractivity contribution in [3.63, 3.8) is 0 Å². The number of hydrogen-bond donors (Lipinski definition) is 1. The lowest BCUT2D eigenvalue weighted by Gasteiger charge is -1.87. The Balaban J connectivity index is 2.80. The standard InChI is InChI=1S/C7H3IN4/c8-7-6-5(11-12-7)1-4(2-9)3-10-6/h1,3H,(H,11,12). The molecule has 12 heavy (non-hydrogen) atoms. The van der Waals surface area contributed by atoms with Gasteiger partial charge in [0.2, 0.25) is 0 Å². The summed E-state index contributed by atoms with van der Waals surface area (Å²) in [5.41, 5.74) is 2.08. The first-order valence-corrected chi connectivity index (χ1v) is 4.29. The Bertz CT molecular complexity index is 468. The maximum Gasteiger partial charge on any atom is 0.122 e. The van der Waals surface area contributed by atoms with E-state index < -0.39 is 0 Å². The molecule has 0 aliphatic carbocycles. The van der Waals surface area contributed by atoms with Gasteiger partial charge in [0.15, 0.2) is 0 Å². The minimum atomic E-state index is 0.533. The van der Waals surface area contributed by atoms with Gasteiger partial charge in [0.1, 0.15) is 20.8 Å². The van der Waals surface area contributed by atoms with Gasteiger partial charge in [-0.15, -0.1) is 0 Å². The van der Waals surface area contributed by atoms with Crippen molar-refractivity contribution in [2.45, 2.75) is 0 Å². The van der Waals surface area contributed by atoms with E-state index in [-0.39, 0.29) is 0 Å². The molecule has 2 aromatic rings. The average Bonchev–Trinajstić information content (AvgIpc) is 2.47. The van der Waals surface area contributed by atoms with E-state index >= 15 is 0 Å². The fourth-order valence-electron chi connectivity index (χ4n) is 0.931. The van der Waals surface area contributed by atoms with Crippen LogP contribution in [0.2, 0.25) is 0 Å². The first kappa shape index (κ1) is 7.49. The maximum atomic E-state index is 8.57. The summed E-state index contributed by atoms with van der Waals surface area (Å²) in [6.45, 7) is 0. The molecule has 2 heterocycles. The van der Waals surface area contributed by atoms with Gasteiger partial charge in [-0.1, -0.05) is 0 Å². The fourth-order valence-corrected chi connectivity index (χ4v) is 1.47. The van der Waals surface area contributed by atoms with E-state index in [1.165, 1.54) is 0 Å². The van der Waals surface area contributed by atoms with Crippen molar-refractivity contribution in [2.75, 3.05) is 0 Å². The predicted molar refractivity (Wildman–Crippen MR) is 51.3 cm³/mol. The summed E-state index contributed by atoms with van der Waals surface area (Å²) in [6, 6.07) is 3.72. The lowest BCUT2D eigenvalue weighted by atomic mass is 10.3. The molecule has 0 aliphatic rings. The normalized spacial score (nSPS) is 10.0. The summed E-state index contributed by atoms with van der Waals surface area (Å²) >= 11 is 2.11. The summed E-state index contributed by atoms with van der Waals surface area (Å²) in [7, 11) is 0. The van der Waals surface area contributed by atoms with Crippen LogP contribution in [-0.4, -0.2) is 15.2 Å². The second kappa shape index (κ2) is 2.71. The molecule has 1 N–H and O–H groups in total. The molecular formula is C7H3IN4. The van der Waals surface area contributed by atoms with Gasteiger partial charge in [-0.3, -0.25) is 10.1 Å². The molecule has 0 radical (unpaired) electrons. The van der Waals surface area contributed by atoms with Crippen LogP contribution < -0.4 is 0 Å². The van der Waals surface area contributed by atoms with Crippen LogP contribution >= 0.6 is 22.6 Å². The van der Waals surface area contributed by atoms with Gasteiger partial charge in [-0.05, 0) is 28.7 Å². The Kier molecular flexibility index (Phi) is 1.69. The highest BCUT2D eigenvalue weighted by Gasteiger charge is 2.03. The topological polar surface area (TPSA) is 65.4 Å². The summed E-state index contributed by atoms with van der Waals surface area (Å²) in [5.74, 6) is 0. The molecule has 58 valence electrons. The Morgan fingerprint density at radius 2 is 2.42 bits per heavy atom. The molecule has 0 unspecified atom stereocenters. The van der Waals surface area contributed by atoms with E-state index in [2.05, 4.69) is 37.8 Å². The molecule has 5 heteroatoms. The molecule has 0 fully saturated rings. The lowest BCUT2D eigenvalue weighted by molar-refractivity contribution is 1.09. The highest BCUT2D eigenvalue weighted by molar-refractivity contribution is 14.1. The fraction of sp³-hybridized carbons (Fsp3) is 0. The Morgan fingerprint density at radius 3 is 3.17 bits per heavy atom. The minimum absolute atomic E-state index is 0.533. The first-order valence-electron chi connectivity index (χ1n) is 3.21. The van der Waals surface area contributed by atoms with Crippen LogP contribution in [0.4, 0.5) is 0 Å². The van der Waals surface area contributed by atoms with Crippen LogP contribution in [0.1, 0.15) is 5.56 Å². The Hall–Kier alpha value is -1.16. The molecule has 0 aliphatic heterocycles. The van der Waals surface area contributed by atoms with Crippen molar-refractivity contribution in [2.24, 2.45) is 0 Å². The molecule has 0 aromatic carbocycles. The van der Waals surface area contributed by atoms with Gasteiger partial charge in [-0.2, -0.15) is 10.4 Å². The van der Waals surface area contributed by atoms with Crippen LogP contribution in [0.3, 0.4) is 0 Å². The molecule has 4 nitrogen and oxygen atoms in total. The molecule has 0 spiro atoms. The number of nitriles is 1. The maximum absolute atomic E-state index is 8.57. The zero-order chi connectivity index (χ0) is 8.55. The van der Waals surface area contributed by atoms with Gasteiger partial charge in [-0.25, -0.2) is 0 Å². The highest BCUT2D eigenvalue weighted by Crippen LogP contribution is 2.15. The summed E-state index contributed by atoms with van der Waals surface area (Å²) in [5, 5.41) is 15.3. The molecule has 0 saturated heterocycles. The highest BCUT2D eigenvalue weighted by atomic mass is 127. The van der Waals surface area contributed by atoms with Gasteiger partial charge in [0.25, 0.3) is 0 Å². The third kappa shape index (κ3) is 1.04. The van der Waals surface area contributed by atoms with Crippen molar-refractivity contribution in [3.05, 3.63) is 21.5 Å². The minimum Gasteiger partial charge on any atom is -0.269 e. The number of aromatic amines is 1. The summed E-state index contributed by atoms with van der Waals surface area (Å²) in [6.07, 6.45) is 1.54. The third-order valence-electron chi connectivity index (χ3n) is 1.48. The number of hydrogen-bond acceptors (Lipinski definition) is 3. The van der Waals surface area contributed by atoms with Crippen LogP contribution in [0.5, 0.6) is 0 Å². The van der Waals surface area contributed by atoms with E-state index in [0.29, 0.717) is 5.56 Å². The van der Waals surface area contributed by atoms with Crippen LogP contribution in [-0.2, 0) is 0 Å². The van der Waals surface area contributed by atoms with Crippen LogP contribution in [0.25, 0.3) is 11.0 Å². The SMILES string of the molecule is N#Cc1cnc2c(I)[nH]nc2c1. The van der Waals surface area contributed by atoms with Crippen molar-refractivity contribution in [1.82, 2.24) is 15.2 Å². The third-order valence-corrected chi connectivity index (χ3v) is 2.23. The van der Waals surface area contributed by atoms with Crippen molar-refractivity contribution >= 4 is 33.6 Å². The zero-order valence-electron chi connectivity index (χ0n) is 5.87. The molecule has 2 rings (SSSR count). The van der Waals surface area contributed by atoms with Gasteiger partial charge >= 0.3 is 0 Å². The molecule has 0 amide bonds. The van der Waals surface area contributed by atoms with E-state index in [1.807, 2.05) is 6.07 Å². The van der Waals surface area contributed by atoms with Crippen molar-refractivity contribution in [3.8, 4) is 6.07 Å². The number of aromatic nitrogens is 3. The number of rotatable bonds is 0. The van der Waals surface area contributed by atoms with Gasteiger partial charge in [0, 0.05) is 6.20 Å². The number of nitrogens with zero attached hydrogens (tertiary/aromatic N) is 3. The quantitative estimate of drug-likeness (QED) is 0.736. The zero-order valence-corrected chi connectivity index (χ0v) is 8.03. The predicted octanol–water partition coefficient (Wildman–Crippen LogP) is 1.43. The molecule has 0 atom stereocenters. The number of pyridine rings is 1. The number of H-pyrrole nitrogens is 1. The van der Waals surface area contributed by atoms with Crippen molar-refractivity contribution in [1.29, 1.82) is 5.26 Å². The lowest BCUT2D eigenvalue weighted by Crippen LogP contribution is -1.79. The van der Waals surface area contributed by atoms with Gasteiger partial charge in [0.05, 0.1) is 5.56 Å². The largest absolute Gasteiger partial charge is 0.269 e. The Morgan fingerprint density at radius 1 is 1.58 bits per heavy atom. The van der Waals surface area contributed by atoms with Crippen LogP contribution in [0.15, 0.2) is 12.3 Å². The monoisotopic (exact) mass is 270 g/mol. The summed E-state index contributed by atoms with van der Waals surface area (Å²) < 4.78 is 0.895. The molecule has 0 bridgehead atoms. The van der Waals surface area contributed by atoms with E-state index in [1.54, 1.807) is 12.3 Å². The molecule has 2 aromatic heterocycles. The van der Waals surface area contributed by atoms with E-state index in [4.69, 9.17) is 5.26 Å². The summed E-state index contributed by atoms with van der Waals surface area (Å²) in [4.78, 5) is 4.09. The Labute approximate surface area is 81.7 Å². The van der Waals surface area contributed by atoms with E-state index in [9.17, 15) is 0 Å². The van der Waals surface area contributed by atoms with Gasteiger partial charge < -0.3 is 0 Å². The van der Waals surface area contributed by atoms with Crippen LogP contribution in [0, 0.1) is 15.0 Å². The molecule has 0 saturated carbocycles. The first-order chi connectivity index (χ1) is 5.81. The second-order valence-electron chi connectivity index (χ2n) is 2.24. The second-order valence-corrected chi connectivity index (χ2v) is 3.32. The van der Waals surface area contributed by atoms with E-state index in [0.717, 1.165) is 14.7 Å². The number of fused-ring (bicyclic) bond motifs is 1. The number of halogens is 1. The smallest absolute Gasteiger partial charge is 0.122 e. The van der Waals surface area contributed by atoms with Crippen molar-refractivity contribution < 1.29 is 0 Å². The number of nitrogens with one attached hydrogen (secondary N) is 1. The average molecular weight is 270 g/mol.